The van der Waals surface area contributed by atoms with Gasteiger partial charge >= 0.3 is 107 Å². The van der Waals surface area contributed by atoms with Gasteiger partial charge in [0.15, 0.2) is 0 Å². The predicted molar refractivity (Wildman–Crippen MR) is 106 cm³/mol. The van der Waals surface area contributed by atoms with Crippen molar-refractivity contribution in [2.45, 2.75) is 106 Å². The molecule has 4 heteroatoms. The first-order valence-corrected chi connectivity index (χ1v) is 18.0. The number of carbonyl (C=O) groups excluding carboxylic acids is 1. The van der Waals surface area contributed by atoms with E-state index in [-0.39, 0.29) is 12.1 Å². The fourth-order valence-electron chi connectivity index (χ4n) is 2.68. The molecule has 0 aromatic heterocycles. The van der Waals surface area contributed by atoms with Crippen LogP contribution in [-0.2, 0) is 7.87 Å². The van der Waals surface area contributed by atoms with Gasteiger partial charge in [-0.3, -0.25) is 0 Å². The van der Waals surface area contributed by atoms with Gasteiger partial charge in [0.2, 0.25) is 0 Å². The number of hydrogen-bond donors (Lipinski definition) is 1. The Bertz CT molecular complexity index is 316. The van der Waals surface area contributed by atoms with Crippen molar-refractivity contribution in [2.24, 2.45) is 0 Å². The van der Waals surface area contributed by atoms with Crippen molar-refractivity contribution in [3.8, 4) is 0 Å². The summed E-state index contributed by atoms with van der Waals surface area (Å²) in [5.41, 5.74) is 0. The van der Waals surface area contributed by atoms with E-state index in [2.05, 4.69) is 29.0 Å². The van der Waals surface area contributed by atoms with E-state index in [0.29, 0.717) is 6.42 Å². The van der Waals surface area contributed by atoms with Gasteiger partial charge in [-0.25, -0.2) is 0 Å². The molecule has 1 N–H and O–H groups in total. The second kappa shape index (κ2) is 17.8. The summed E-state index contributed by atoms with van der Waals surface area (Å²) in [7, 11) is 0. The standard InChI is InChI=1S/C18H34O3.2CH3.Sn.H/c1-2-3-4-11-14-17(19)15-12-9-7-5-6-8-10-13-16-18(20)21;;;;/h9,12,17,19H,2-8,10-11,13-16H2,1H3,(H,20,21);2*1H3;;/q;;;+1;/p-1/b12-9-;;;;/t17-;;;;/m1..../s1. The minimum absolute atomic E-state index is 0.0250. The average Bonchev–Trinajstić information content (AvgIpc) is 2.52. The van der Waals surface area contributed by atoms with Gasteiger partial charge in [-0.1, -0.05) is 32.6 Å². The third-order valence-electron chi connectivity index (χ3n) is 4.08. The molecule has 142 valence electrons. The van der Waals surface area contributed by atoms with Crippen molar-refractivity contribution in [1.82, 2.24) is 0 Å². The number of aliphatic hydroxyl groups excluding tert-OH is 1. The normalized spacial score (nSPS) is 12.9. The van der Waals surface area contributed by atoms with Crippen molar-refractivity contribution < 1.29 is 13.0 Å². The van der Waals surface area contributed by atoms with Crippen molar-refractivity contribution in [3.05, 3.63) is 12.2 Å². The van der Waals surface area contributed by atoms with Crippen LogP contribution < -0.4 is 0 Å². The zero-order valence-electron chi connectivity index (χ0n) is 16.3. The number of allylic oxidation sites excluding steroid dienone is 1. The number of hydrogen-bond acceptors (Lipinski definition) is 3. The topological polar surface area (TPSA) is 46.5 Å². The molecule has 0 saturated heterocycles. The Morgan fingerprint density at radius 2 is 1.67 bits per heavy atom. The number of carbonyl (C=O) groups is 1. The fraction of sp³-hybridized carbons (Fsp3) is 0.850. The van der Waals surface area contributed by atoms with Gasteiger partial charge in [0.1, 0.15) is 0 Å². The summed E-state index contributed by atoms with van der Waals surface area (Å²) in [5, 5.41) is 9.86. The molecule has 0 aliphatic rings. The zero-order valence-corrected chi connectivity index (χ0v) is 19.6. The van der Waals surface area contributed by atoms with Crippen LogP contribution in [0.1, 0.15) is 90.4 Å². The van der Waals surface area contributed by atoms with Crippen LogP contribution in [0.4, 0.5) is 0 Å². The van der Waals surface area contributed by atoms with Crippen LogP contribution in [0.2, 0.25) is 9.88 Å². The molecule has 0 heterocycles. The molecule has 0 aliphatic carbocycles. The quantitative estimate of drug-likeness (QED) is 0.193. The van der Waals surface area contributed by atoms with E-state index < -0.39 is 20.2 Å². The van der Waals surface area contributed by atoms with E-state index in [1.165, 1.54) is 38.5 Å². The first-order valence-electron chi connectivity index (χ1n) is 10.1. The second-order valence-electron chi connectivity index (χ2n) is 7.06. The Balaban J connectivity index is 3.33. The summed E-state index contributed by atoms with van der Waals surface area (Å²) in [4.78, 5) is 15.6. The van der Waals surface area contributed by atoms with Crippen molar-refractivity contribution in [3.63, 3.8) is 0 Å². The van der Waals surface area contributed by atoms with Gasteiger partial charge < -0.3 is 5.11 Å². The SMILES string of the molecule is CCCCCC[C@@H](O)C/C=C\CCCCCCCC(=O)[O][SnH]([CH3])[CH3]. The van der Waals surface area contributed by atoms with Crippen LogP contribution in [0.3, 0.4) is 0 Å². The molecule has 24 heavy (non-hydrogen) atoms. The first-order chi connectivity index (χ1) is 11.6. The molecule has 0 aliphatic heterocycles. The summed E-state index contributed by atoms with van der Waals surface area (Å²) in [6, 6.07) is 0. The number of rotatable bonds is 16. The summed E-state index contributed by atoms with van der Waals surface area (Å²) < 4.78 is 5.32. The van der Waals surface area contributed by atoms with Crippen LogP contribution in [0.5, 0.6) is 0 Å². The summed E-state index contributed by atoms with van der Waals surface area (Å²) >= 11 is -1.82. The van der Waals surface area contributed by atoms with E-state index in [4.69, 9.17) is 3.07 Å². The van der Waals surface area contributed by atoms with Crippen LogP contribution in [0, 0.1) is 0 Å². The van der Waals surface area contributed by atoms with Crippen molar-refractivity contribution in [1.29, 1.82) is 0 Å². The molecule has 1 atom stereocenters. The van der Waals surface area contributed by atoms with E-state index >= 15 is 0 Å². The Labute approximate surface area is 157 Å². The molecule has 3 nitrogen and oxygen atoms in total. The second-order valence-corrected chi connectivity index (χ2v) is 13.7. The number of unbranched alkanes of at least 4 members (excludes halogenated alkanes) is 8. The maximum atomic E-state index is 11.4. The molecule has 0 unspecified atom stereocenters. The molecular weight excluding hydrogens is 407 g/mol. The molecule has 0 amide bonds. The monoisotopic (exact) mass is 448 g/mol. The van der Waals surface area contributed by atoms with Gasteiger partial charge in [-0.05, 0) is 6.42 Å². The summed E-state index contributed by atoms with van der Waals surface area (Å²) in [6.07, 6.45) is 18.3. The molecule has 0 aromatic rings. The molecule has 0 rings (SSSR count). The predicted octanol–water partition coefficient (Wildman–Crippen LogP) is 5.52. The van der Waals surface area contributed by atoms with E-state index in [1.54, 1.807) is 0 Å². The van der Waals surface area contributed by atoms with Gasteiger partial charge in [-0.15, -0.1) is 0 Å². The molecule has 0 fully saturated rings. The molecule has 0 radical (unpaired) electrons. The van der Waals surface area contributed by atoms with Crippen LogP contribution >= 0.6 is 0 Å². The molecular formula is C20H40O3Sn. The van der Waals surface area contributed by atoms with Gasteiger partial charge in [-0.2, -0.15) is 0 Å². The summed E-state index contributed by atoms with van der Waals surface area (Å²) in [6.45, 7) is 2.21. The fourth-order valence-corrected chi connectivity index (χ4v) is 4.52. The first kappa shape index (κ1) is 24.0. The van der Waals surface area contributed by atoms with E-state index in [1.807, 2.05) is 0 Å². The van der Waals surface area contributed by atoms with Crippen LogP contribution in [0.25, 0.3) is 0 Å². The Kier molecular flexibility index (Phi) is 17.8. The van der Waals surface area contributed by atoms with Crippen LogP contribution in [0.15, 0.2) is 12.2 Å². The van der Waals surface area contributed by atoms with E-state index in [0.717, 1.165) is 38.5 Å². The Morgan fingerprint density at radius 1 is 1.00 bits per heavy atom. The third-order valence-corrected chi connectivity index (χ3v) is 6.18. The summed E-state index contributed by atoms with van der Waals surface area (Å²) in [5.74, 6) is 0.0250. The van der Waals surface area contributed by atoms with Crippen molar-refractivity contribution >= 4 is 26.1 Å². The zero-order chi connectivity index (χ0) is 18.0. The molecule has 0 bridgehead atoms. The number of aliphatic hydroxyl groups is 1. The van der Waals surface area contributed by atoms with Gasteiger partial charge in [0, 0.05) is 0 Å². The van der Waals surface area contributed by atoms with Gasteiger partial charge in [0.05, 0.1) is 6.10 Å². The molecule has 0 aromatic carbocycles. The Morgan fingerprint density at radius 3 is 2.38 bits per heavy atom. The Hall–Kier alpha value is -0.0313. The molecule has 0 spiro atoms. The average molecular weight is 447 g/mol. The minimum atomic E-state index is -1.82. The van der Waals surface area contributed by atoms with Crippen molar-refractivity contribution in [2.75, 3.05) is 0 Å². The molecule has 0 saturated carbocycles. The van der Waals surface area contributed by atoms with Crippen LogP contribution in [-0.4, -0.2) is 37.4 Å². The van der Waals surface area contributed by atoms with Gasteiger partial charge in [0.25, 0.3) is 0 Å². The third kappa shape index (κ3) is 18.3. The maximum absolute atomic E-state index is 11.4. The van der Waals surface area contributed by atoms with E-state index in [9.17, 15) is 9.90 Å².